The molecule has 1 atom stereocenters. The molecule has 0 spiro atoms. The van der Waals surface area contributed by atoms with Crippen molar-refractivity contribution < 1.29 is 19.8 Å². The van der Waals surface area contributed by atoms with Crippen LogP contribution in [-0.4, -0.2) is 32.1 Å². The van der Waals surface area contributed by atoms with Gasteiger partial charge in [-0.25, -0.2) is 0 Å². The number of aliphatic hydroxyl groups is 1. The van der Waals surface area contributed by atoms with Gasteiger partial charge in [0, 0.05) is 21.0 Å². The maximum Gasteiger partial charge on any atom is 0.296 e. The summed E-state index contributed by atoms with van der Waals surface area (Å²) >= 11 is 10.1. The molecule has 7 nitrogen and oxygen atoms in total. The van der Waals surface area contributed by atoms with Crippen LogP contribution in [0.3, 0.4) is 0 Å². The lowest BCUT2D eigenvalue weighted by Crippen LogP contribution is -2.31. The molecule has 0 fully saturated rings. The number of ketones is 1. The van der Waals surface area contributed by atoms with Crippen LogP contribution in [0.15, 0.2) is 94.5 Å². The van der Waals surface area contributed by atoms with Crippen molar-refractivity contribution in [3.05, 3.63) is 111 Å². The second kappa shape index (κ2) is 10.5. The Morgan fingerprint density at radius 3 is 2.51 bits per heavy atom. The van der Waals surface area contributed by atoms with Crippen LogP contribution in [0.5, 0.6) is 5.75 Å². The topological polar surface area (TPSA) is 104 Å². The third-order valence-corrected chi connectivity index (χ3v) is 9.83. The van der Waals surface area contributed by atoms with Crippen LogP contribution in [0.25, 0.3) is 10.1 Å². The van der Waals surface area contributed by atoms with E-state index in [0.29, 0.717) is 25.6 Å². The number of phenols is 1. The number of halogens is 1. The molecule has 3 heterocycles. The van der Waals surface area contributed by atoms with E-state index in [0.717, 1.165) is 27.0 Å². The molecular weight excluding hydrogens is 574 g/mol. The van der Waals surface area contributed by atoms with Crippen molar-refractivity contribution in [2.45, 2.75) is 16.1 Å². The Balaban J connectivity index is 1.38. The van der Waals surface area contributed by atoms with Crippen LogP contribution in [0.4, 0.5) is 5.13 Å². The van der Waals surface area contributed by atoms with Crippen LogP contribution in [-0.2, 0) is 10.5 Å². The monoisotopic (exact) mass is 591 g/mol. The highest BCUT2D eigenvalue weighted by Gasteiger charge is 2.47. The fourth-order valence-corrected chi connectivity index (χ4v) is 7.56. The number of rotatable bonds is 7. The Bertz CT molecular complexity index is 1750. The van der Waals surface area contributed by atoms with Gasteiger partial charge in [0.15, 0.2) is 10.1 Å². The summed E-state index contributed by atoms with van der Waals surface area (Å²) in [6.07, 6.45) is 0. The zero-order chi connectivity index (χ0) is 27.1. The molecule has 11 heteroatoms. The summed E-state index contributed by atoms with van der Waals surface area (Å²) in [4.78, 5) is 28.9. The molecule has 0 saturated heterocycles. The SMILES string of the molecule is O=C(C1=C(O)C(=O)N(c2nnc(SCc3ccccc3Cl)s2)C1c1ccccc1O)c1cc2ccccc2s1. The molecule has 0 saturated carbocycles. The highest BCUT2D eigenvalue weighted by atomic mass is 35.5. The number of nitrogens with zero attached hydrogens (tertiary/aromatic N) is 3. The Hall–Kier alpha value is -3.70. The lowest BCUT2D eigenvalue weighted by Gasteiger charge is -2.24. The normalized spacial score (nSPS) is 15.5. The number of hydrogen-bond donors (Lipinski definition) is 2. The van der Waals surface area contributed by atoms with E-state index < -0.39 is 23.5 Å². The van der Waals surface area contributed by atoms with Crippen molar-refractivity contribution in [2.24, 2.45) is 0 Å². The molecule has 1 aliphatic rings. The first-order valence-electron chi connectivity index (χ1n) is 11.7. The second-order valence-electron chi connectivity index (χ2n) is 8.61. The van der Waals surface area contributed by atoms with Crippen molar-refractivity contribution in [2.75, 3.05) is 4.90 Å². The Kier molecular flexibility index (Phi) is 6.86. The van der Waals surface area contributed by atoms with Crippen LogP contribution >= 0.6 is 46.0 Å². The lowest BCUT2D eigenvalue weighted by molar-refractivity contribution is -0.117. The third-order valence-electron chi connectivity index (χ3n) is 6.24. The standard InChI is InChI=1S/C28H18ClN3O4S3/c29-18-10-4-1-8-16(18)14-37-28-31-30-27(39-28)32-23(17-9-3-5-11-19(17)33)22(25(35)26(32)36)24(34)21-13-15-7-2-6-12-20(15)38-21/h1-13,23,33,35H,14H2. The molecule has 2 N–H and O–H groups in total. The molecule has 6 rings (SSSR count). The van der Waals surface area contributed by atoms with Gasteiger partial charge in [-0.15, -0.1) is 21.5 Å². The summed E-state index contributed by atoms with van der Waals surface area (Å²) in [7, 11) is 0. The number of carbonyl (C=O) groups is 2. The molecule has 1 amide bonds. The number of carbonyl (C=O) groups excluding carboxylic acids is 2. The van der Waals surface area contributed by atoms with Crippen LogP contribution in [0.1, 0.15) is 26.8 Å². The molecule has 0 aliphatic carbocycles. The molecule has 3 aromatic carbocycles. The minimum absolute atomic E-state index is 0.116. The largest absolute Gasteiger partial charge is 0.508 e. The summed E-state index contributed by atoms with van der Waals surface area (Å²) in [5.74, 6) is -1.52. The molecule has 5 aromatic rings. The third kappa shape index (κ3) is 4.70. The van der Waals surface area contributed by atoms with E-state index in [-0.39, 0.29) is 16.5 Å². The predicted octanol–water partition coefficient (Wildman–Crippen LogP) is 7.19. The fraction of sp³-hybridized carbons (Fsp3) is 0.0714. The zero-order valence-corrected chi connectivity index (χ0v) is 23.2. The number of fused-ring (bicyclic) bond motifs is 1. The average Bonchev–Trinajstić information content (AvgIpc) is 3.65. The number of thiophene rings is 1. The van der Waals surface area contributed by atoms with E-state index in [1.54, 1.807) is 24.3 Å². The number of aromatic nitrogens is 2. The molecule has 0 bridgehead atoms. The van der Waals surface area contributed by atoms with E-state index in [2.05, 4.69) is 10.2 Å². The quantitative estimate of drug-likeness (QED) is 0.117. The van der Waals surface area contributed by atoms with Crippen LogP contribution in [0.2, 0.25) is 5.02 Å². The number of hydrogen-bond acceptors (Lipinski definition) is 9. The van der Waals surface area contributed by atoms with Gasteiger partial charge in [0.25, 0.3) is 5.91 Å². The van der Waals surface area contributed by atoms with E-state index in [1.807, 2.05) is 48.5 Å². The van der Waals surface area contributed by atoms with Gasteiger partial charge in [0.2, 0.25) is 10.9 Å². The number of amides is 1. The molecule has 39 heavy (non-hydrogen) atoms. The number of benzene rings is 3. The van der Waals surface area contributed by atoms with Crippen LogP contribution < -0.4 is 4.90 Å². The van der Waals surface area contributed by atoms with Crippen molar-refractivity contribution in [1.29, 1.82) is 0 Å². The fourth-order valence-electron chi connectivity index (χ4n) is 4.39. The number of para-hydroxylation sites is 1. The zero-order valence-electron chi connectivity index (χ0n) is 19.9. The van der Waals surface area contributed by atoms with Gasteiger partial charge in [-0.05, 0) is 35.2 Å². The maximum absolute atomic E-state index is 13.8. The predicted molar refractivity (Wildman–Crippen MR) is 155 cm³/mol. The van der Waals surface area contributed by atoms with Crippen molar-refractivity contribution in [3.63, 3.8) is 0 Å². The van der Waals surface area contributed by atoms with Gasteiger partial charge >= 0.3 is 0 Å². The Morgan fingerprint density at radius 1 is 0.974 bits per heavy atom. The van der Waals surface area contributed by atoms with Crippen molar-refractivity contribution >= 4 is 72.9 Å². The highest BCUT2D eigenvalue weighted by Crippen LogP contribution is 2.46. The number of aromatic hydroxyl groups is 1. The van der Waals surface area contributed by atoms with E-state index in [9.17, 15) is 19.8 Å². The number of Topliss-reactive ketones (excluding diaryl/α,β-unsaturated/α-hetero) is 1. The highest BCUT2D eigenvalue weighted by molar-refractivity contribution is 8.00. The molecular formula is C28H18ClN3O4S3. The van der Waals surface area contributed by atoms with Gasteiger partial charge in [-0.2, -0.15) is 0 Å². The smallest absolute Gasteiger partial charge is 0.296 e. The first-order valence-corrected chi connectivity index (χ1v) is 14.7. The minimum atomic E-state index is -1.09. The van der Waals surface area contributed by atoms with Crippen molar-refractivity contribution in [3.8, 4) is 5.75 Å². The average molecular weight is 592 g/mol. The number of phenolic OH excluding ortho intramolecular Hbond substituents is 1. The minimum Gasteiger partial charge on any atom is -0.508 e. The van der Waals surface area contributed by atoms with Gasteiger partial charge in [-0.3, -0.25) is 14.5 Å². The van der Waals surface area contributed by atoms with Gasteiger partial charge in [0.1, 0.15) is 11.8 Å². The number of anilines is 1. The molecule has 0 radical (unpaired) electrons. The Morgan fingerprint density at radius 2 is 1.72 bits per heavy atom. The lowest BCUT2D eigenvalue weighted by atomic mass is 9.95. The van der Waals surface area contributed by atoms with Crippen LogP contribution in [0, 0.1) is 0 Å². The van der Waals surface area contributed by atoms with E-state index in [1.165, 1.54) is 34.1 Å². The summed E-state index contributed by atoms with van der Waals surface area (Å²) in [5.41, 5.74) is 1.11. The summed E-state index contributed by atoms with van der Waals surface area (Å²) in [6.45, 7) is 0. The van der Waals surface area contributed by atoms with Crippen molar-refractivity contribution in [1.82, 2.24) is 10.2 Å². The first kappa shape index (κ1) is 25.6. The first-order chi connectivity index (χ1) is 18.9. The Labute approximate surface area is 240 Å². The summed E-state index contributed by atoms with van der Waals surface area (Å²) in [6, 6.07) is 22.1. The molecule has 2 aromatic heterocycles. The number of aliphatic hydroxyl groups excluding tert-OH is 1. The van der Waals surface area contributed by atoms with Gasteiger partial charge < -0.3 is 10.2 Å². The summed E-state index contributed by atoms with van der Waals surface area (Å²) < 4.78 is 1.49. The molecule has 1 aliphatic heterocycles. The molecule has 1 unspecified atom stereocenters. The molecule has 194 valence electrons. The second-order valence-corrected chi connectivity index (χ2v) is 12.3. The van der Waals surface area contributed by atoms with E-state index >= 15 is 0 Å². The number of thioether (sulfide) groups is 1. The maximum atomic E-state index is 13.8. The van der Waals surface area contributed by atoms with E-state index in [4.69, 9.17) is 11.6 Å². The van der Waals surface area contributed by atoms with Gasteiger partial charge in [-0.1, -0.05) is 89.3 Å². The van der Waals surface area contributed by atoms with Gasteiger partial charge in [0.05, 0.1) is 10.5 Å². The summed E-state index contributed by atoms with van der Waals surface area (Å²) in [5, 5.41) is 31.9.